The summed E-state index contributed by atoms with van der Waals surface area (Å²) in [5, 5.41) is 11.7. The molecule has 0 bridgehead atoms. The van der Waals surface area contributed by atoms with E-state index in [9.17, 15) is 4.79 Å². The molecule has 80 valence electrons. The Balaban J connectivity index is 0. The summed E-state index contributed by atoms with van der Waals surface area (Å²) >= 11 is 0. The Bertz CT molecular complexity index is 141. The number of rotatable bonds is 5. The van der Waals surface area contributed by atoms with Crippen LogP contribution in [0.15, 0.2) is 0 Å². The van der Waals surface area contributed by atoms with Gasteiger partial charge in [-0.15, -0.1) is 12.4 Å². The van der Waals surface area contributed by atoms with E-state index in [2.05, 4.69) is 10.1 Å². The van der Waals surface area contributed by atoms with E-state index in [0.29, 0.717) is 12.5 Å². The van der Waals surface area contributed by atoms with Crippen molar-refractivity contribution >= 4 is 18.4 Å². The SMILES string of the molecule is COC(=O)C(CO)NCC(C)C.Cl. The summed E-state index contributed by atoms with van der Waals surface area (Å²) in [5.41, 5.74) is 0. The van der Waals surface area contributed by atoms with Crippen LogP contribution < -0.4 is 5.32 Å². The minimum Gasteiger partial charge on any atom is -0.468 e. The maximum atomic E-state index is 10.9. The topological polar surface area (TPSA) is 58.6 Å². The molecule has 0 aliphatic heterocycles. The number of aliphatic hydroxyl groups excluding tert-OH is 1. The zero-order valence-corrected chi connectivity index (χ0v) is 9.06. The van der Waals surface area contributed by atoms with Crippen LogP contribution in [0.2, 0.25) is 0 Å². The Kier molecular flexibility index (Phi) is 9.67. The van der Waals surface area contributed by atoms with Crippen molar-refractivity contribution in [2.24, 2.45) is 5.92 Å². The zero-order valence-electron chi connectivity index (χ0n) is 8.24. The van der Waals surface area contributed by atoms with Crippen molar-refractivity contribution in [1.82, 2.24) is 5.32 Å². The zero-order chi connectivity index (χ0) is 9.56. The van der Waals surface area contributed by atoms with Gasteiger partial charge in [0.2, 0.25) is 0 Å². The molecule has 1 unspecified atom stereocenters. The van der Waals surface area contributed by atoms with Gasteiger partial charge in [-0.2, -0.15) is 0 Å². The number of carbonyl (C=O) groups is 1. The maximum Gasteiger partial charge on any atom is 0.325 e. The van der Waals surface area contributed by atoms with Gasteiger partial charge >= 0.3 is 5.97 Å². The van der Waals surface area contributed by atoms with E-state index in [1.165, 1.54) is 7.11 Å². The molecule has 0 aliphatic carbocycles. The highest BCUT2D eigenvalue weighted by Gasteiger charge is 2.16. The van der Waals surface area contributed by atoms with Crippen LogP contribution in [0.4, 0.5) is 0 Å². The van der Waals surface area contributed by atoms with Crippen LogP contribution in [-0.4, -0.2) is 37.4 Å². The van der Waals surface area contributed by atoms with Crippen LogP contribution in [0.5, 0.6) is 0 Å². The van der Waals surface area contributed by atoms with E-state index < -0.39 is 12.0 Å². The van der Waals surface area contributed by atoms with Crippen LogP contribution in [-0.2, 0) is 9.53 Å². The molecule has 0 aliphatic rings. The quantitative estimate of drug-likeness (QED) is 0.638. The normalized spacial score (nSPS) is 12.1. The van der Waals surface area contributed by atoms with Crippen LogP contribution in [0.1, 0.15) is 13.8 Å². The minimum atomic E-state index is -0.586. The van der Waals surface area contributed by atoms with E-state index in [0.717, 1.165) is 0 Å². The van der Waals surface area contributed by atoms with E-state index in [1.807, 2.05) is 13.8 Å². The molecule has 0 aromatic heterocycles. The third kappa shape index (κ3) is 6.81. The molecule has 0 saturated heterocycles. The van der Waals surface area contributed by atoms with Gasteiger partial charge in [-0.05, 0) is 12.5 Å². The minimum absolute atomic E-state index is 0. The number of methoxy groups -OCH3 is 1. The summed E-state index contributed by atoms with van der Waals surface area (Å²) in [5.74, 6) is 0.0295. The van der Waals surface area contributed by atoms with Gasteiger partial charge in [0.1, 0.15) is 6.04 Å². The van der Waals surface area contributed by atoms with Gasteiger partial charge in [0, 0.05) is 0 Å². The molecule has 0 amide bonds. The average molecular weight is 212 g/mol. The van der Waals surface area contributed by atoms with Crippen molar-refractivity contribution in [3.63, 3.8) is 0 Å². The fourth-order valence-electron chi connectivity index (χ4n) is 0.743. The highest BCUT2D eigenvalue weighted by atomic mass is 35.5. The number of halogens is 1. The lowest BCUT2D eigenvalue weighted by Gasteiger charge is -2.14. The first kappa shape index (κ1) is 15.2. The van der Waals surface area contributed by atoms with Crippen LogP contribution in [0.3, 0.4) is 0 Å². The van der Waals surface area contributed by atoms with E-state index in [1.54, 1.807) is 0 Å². The highest BCUT2D eigenvalue weighted by molar-refractivity contribution is 5.85. The Morgan fingerprint density at radius 1 is 1.54 bits per heavy atom. The lowest BCUT2D eigenvalue weighted by molar-refractivity contribution is -0.144. The molecule has 0 spiro atoms. The third-order valence-electron chi connectivity index (χ3n) is 1.44. The van der Waals surface area contributed by atoms with Crippen molar-refractivity contribution in [2.75, 3.05) is 20.3 Å². The summed E-state index contributed by atoms with van der Waals surface area (Å²) in [7, 11) is 1.31. The Morgan fingerprint density at radius 3 is 2.38 bits per heavy atom. The third-order valence-corrected chi connectivity index (χ3v) is 1.44. The second-order valence-corrected chi connectivity index (χ2v) is 3.06. The maximum absolute atomic E-state index is 10.9. The first-order valence-corrected chi connectivity index (χ1v) is 4.03. The fourth-order valence-corrected chi connectivity index (χ4v) is 0.743. The lowest BCUT2D eigenvalue weighted by Crippen LogP contribution is -2.42. The Labute approximate surface area is 85.1 Å². The van der Waals surface area contributed by atoms with Crippen LogP contribution in [0, 0.1) is 5.92 Å². The van der Waals surface area contributed by atoms with Crippen LogP contribution >= 0.6 is 12.4 Å². The predicted octanol–water partition coefficient (Wildman–Crippen LogP) is 0.188. The van der Waals surface area contributed by atoms with E-state index in [-0.39, 0.29) is 19.0 Å². The summed E-state index contributed by atoms with van der Waals surface area (Å²) in [6, 6.07) is -0.586. The van der Waals surface area contributed by atoms with Gasteiger partial charge in [-0.1, -0.05) is 13.8 Å². The molecule has 0 rings (SSSR count). The second kappa shape index (κ2) is 8.29. The smallest absolute Gasteiger partial charge is 0.325 e. The van der Waals surface area contributed by atoms with Gasteiger partial charge in [-0.3, -0.25) is 4.79 Å². The number of carbonyl (C=O) groups excluding carboxylic acids is 1. The van der Waals surface area contributed by atoms with Crippen molar-refractivity contribution in [3.05, 3.63) is 0 Å². The molecular weight excluding hydrogens is 194 g/mol. The monoisotopic (exact) mass is 211 g/mol. The van der Waals surface area contributed by atoms with Crippen LogP contribution in [0.25, 0.3) is 0 Å². The van der Waals surface area contributed by atoms with Crippen molar-refractivity contribution < 1.29 is 14.6 Å². The first-order chi connectivity index (χ1) is 5.61. The largest absolute Gasteiger partial charge is 0.468 e. The molecule has 0 aromatic carbocycles. The van der Waals surface area contributed by atoms with E-state index in [4.69, 9.17) is 5.11 Å². The van der Waals surface area contributed by atoms with Crippen molar-refractivity contribution in [2.45, 2.75) is 19.9 Å². The number of nitrogens with one attached hydrogen (secondary N) is 1. The summed E-state index contributed by atoms with van der Waals surface area (Å²) in [6.45, 7) is 4.52. The molecular formula is C8H18ClNO3. The number of hydrogen-bond acceptors (Lipinski definition) is 4. The Morgan fingerprint density at radius 2 is 2.08 bits per heavy atom. The summed E-state index contributed by atoms with van der Waals surface area (Å²) in [6.07, 6.45) is 0. The van der Waals surface area contributed by atoms with Gasteiger partial charge in [0.05, 0.1) is 13.7 Å². The molecule has 0 heterocycles. The number of ether oxygens (including phenoxy) is 1. The summed E-state index contributed by atoms with van der Waals surface area (Å²) < 4.78 is 4.47. The number of hydrogen-bond donors (Lipinski definition) is 2. The van der Waals surface area contributed by atoms with Gasteiger partial charge in [-0.25, -0.2) is 0 Å². The molecule has 0 radical (unpaired) electrons. The highest BCUT2D eigenvalue weighted by Crippen LogP contribution is 1.91. The standard InChI is InChI=1S/C8H17NO3.ClH/c1-6(2)4-9-7(5-10)8(11)12-3;/h6-7,9-10H,4-5H2,1-3H3;1H. The van der Waals surface area contributed by atoms with Crippen molar-refractivity contribution in [1.29, 1.82) is 0 Å². The van der Waals surface area contributed by atoms with Crippen molar-refractivity contribution in [3.8, 4) is 0 Å². The molecule has 0 fully saturated rings. The van der Waals surface area contributed by atoms with Gasteiger partial charge < -0.3 is 15.2 Å². The molecule has 4 nitrogen and oxygen atoms in total. The predicted molar refractivity (Wildman–Crippen MR) is 53.0 cm³/mol. The molecule has 2 N–H and O–H groups in total. The molecule has 0 aromatic rings. The van der Waals surface area contributed by atoms with Gasteiger partial charge in [0.15, 0.2) is 0 Å². The summed E-state index contributed by atoms with van der Waals surface area (Å²) in [4.78, 5) is 10.9. The van der Waals surface area contributed by atoms with E-state index >= 15 is 0 Å². The first-order valence-electron chi connectivity index (χ1n) is 4.03. The number of esters is 1. The molecule has 0 saturated carbocycles. The average Bonchev–Trinajstić information content (AvgIpc) is 2.04. The van der Waals surface area contributed by atoms with Gasteiger partial charge in [0.25, 0.3) is 0 Å². The second-order valence-electron chi connectivity index (χ2n) is 3.06. The molecule has 5 heteroatoms. The fraction of sp³-hybridized carbons (Fsp3) is 0.875. The molecule has 1 atom stereocenters. The lowest BCUT2D eigenvalue weighted by atomic mass is 10.2. The number of aliphatic hydroxyl groups is 1. The Hall–Kier alpha value is -0.320. The molecule has 13 heavy (non-hydrogen) atoms.